The average molecular weight is 605 g/mol. The third-order valence-corrected chi connectivity index (χ3v) is 11.2. The molecular weight excluding hydrogens is 569 g/mol. The minimum Gasteiger partial charge on any atom is -0.333 e. The van der Waals surface area contributed by atoms with Gasteiger partial charge >= 0.3 is 0 Å². The molecule has 0 saturated heterocycles. The minimum absolute atomic E-state index is 0.0100. The van der Waals surface area contributed by atoms with Gasteiger partial charge in [-0.05, 0) is 94.3 Å². The van der Waals surface area contributed by atoms with Gasteiger partial charge in [-0.1, -0.05) is 117 Å². The van der Waals surface area contributed by atoms with E-state index >= 15 is 0 Å². The van der Waals surface area contributed by atoms with Crippen LogP contribution in [0.1, 0.15) is 54.9 Å². The fraction of sp³-hybridized carbons (Fsp3) is 0.156. The van der Waals surface area contributed by atoms with Gasteiger partial charge < -0.3 is 9.47 Å². The zero-order valence-electron chi connectivity index (χ0n) is 26.8. The second-order valence-electron chi connectivity index (χ2n) is 14.0. The number of nitrogens with zero attached hydrogens (tertiary/aromatic N) is 2. The van der Waals surface area contributed by atoms with Gasteiger partial charge in [0.15, 0.2) is 0 Å². The Hall–Kier alpha value is -5.34. The molecule has 2 atom stereocenters. The number of fused-ring (bicyclic) bond motifs is 9. The van der Waals surface area contributed by atoms with Crippen molar-refractivity contribution >= 4 is 44.5 Å². The summed E-state index contributed by atoms with van der Waals surface area (Å²) >= 11 is 0. The Kier molecular flexibility index (Phi) is 5.61. The molecule has 0 spiro atoms. The van der Waals surface area contributed by atoms with Gasteiger partial charge in [0.05, 0.1) is 17.1 Å². The van der Waals surface area contributed by atoms with E-state index in [1.807, 2.05) is 0 Å². The summed E-state index contributed by atoms with van der Waals surface area (Å²) in [6, 6.07) is 41.3. The molecule has 5 aromatic carbocycles. The van der Waals surface area contributed by atoms with Crippen molar-refractivity contribution in [1.82, 2.24) is 4.57 Å². The van der Waals surface area contributed by atoms with Crippen LogP contribution >= 0.6 is 0 Å². The van der Waals surface area contributed by atoms with Crippen LogP contribution in [0.3, 0.4) is 0 Å². The Labute approximate surface area is 276 Å². The Morgan fingerprint density at radius 2 is 1.53 bits per heavy atom. The number of benzene rings is 5. The molecule has 2 nitrogen and oxygen atoms in total. The van der Waals surface area contributed by atoms with Crippen LogP contribution in [0, 0.1) is 0 Å². The largest absolute Gasteiger partial charge is 0.333 e. The lowest BCUT2D eigenvalue weighted by molar-refractivity contribution is 0.660. The summed E-state index contributed by atoms with van der Waals surface area (Å²) in [4.78, 5) is 2.57. The van der Waals surface area contributed by atoms with E-state index in [1.54, 1.807) is 0 Å². The van der Waals surface area contributed by atoms with Crippen molar-refractivity contribution in [3.63, 3.8) is 0 Å². The molecule has 0 amide bonds. The van der Waals surface area contributed by atoms with Gasteiger partial charge in [0.25, 0.3) is 0 Å². The van der Waals surface area contributed by atoms with E-state index in [9.17, 15) is 0 Å². The van der Waals surface area contributed by atoms with Crippen LogP contribution in [0.25, 0.3) is 44.2 Å². The summed E-state index contributed by atoms with van der Waals surface area (Å²) < 4.78 is 2.47. The van der Waals surface area contributed by atoms with Crippen molar-refractivity contribution in [3.05, 3.63) is 168 Å². The molecule has 2 unspecified atom stereocenters. The van der Waals surface area contributed by atoms with Crippen LogP contribution < -0.4 is 4.90 Å². The number of aromatic nitrogens is 1. The van der Waals surface area contributed by atoms with Gasteiger partial charge in [0.2, 0.25) is 0 Å². The molecule has 6 aromatic rings. The second-order valence-corrected chi connectivity index (χ2v) is 14.0. The highest BCUT2D eigenvalue weighted by Gasteiger charge is 2.40. The number of rotatable bonds is 3. The van der Waals surface area contributed by atoms with Gasteiger partial charge in [-0.2, -0.15) is 0 Å². The fourth-order valence-electron chi connectivity index (χ4n) is 8.94. The smallest absolute Gasteiger partial charge is 0.0630 e. The Bertz CT molecular complexity index is 2410. The summed E-state index contributed by atoms with van der Waals surface area (Å²) in [7, 11) is 0. The standard InChI is InChI=1S/C45H36N2/c1-45(2)39-17-9-6-14-33(39)36-28-32(22-23-40(36)45)47-42-19-11-8-16-35(42)38-27-30(21-25-44(38)47)29-20-24-43-37(26-29)34-15-7-10-18-41(34)46(43)31-12-4-3-5-13-31/h3-4,6-12,14-28,38,44H,5,13H2,1-2H3. The predicted molar refractivity (Wildman–Crippen MR) is 198 cm³/mol. The van der Waals surface area contributed by atoms with Crippen molar-refractivity contribution in [2.45, 2.75) is 44.1 Å². The van der Waals surface area contributed by atoms with Gasteiger partial charge in [-0.25, -0.2) is 0 Å². The van der Waals surface area contributed by atoms with E-state index in [2.05, 4.69) is 169 Å². The minimum atomic E-state index is 0.0100. The second kappa shape index (κ2) is 9.83. The molecule has 1 aromatic heterocycles. The van der Waals surface area contributed by atoms with Crippen LogP contribution in [0.5, 0.6) is 0 Å². The zero-order chi connectivity index (χ0) is 31.3. The predicted octanol–water partition coefficient (Wildman–Crippen LogP) is 11.5. The Morgan fingerprint density at radius 1 is 0.723 bits per heavy atom. The Balaban J connectivity index is 1.07. The molecule has 1 aliphatic heterocycles. The molecule has 2 heteroatoms. The summed E-state index contributed by atoms with van der Waals surface area (Å²) in [6.07, 6.45) is 16.2. The monoisotopic (exact) mass is 604 g/mol. The van der Waals surface area contributed by atoms with Crippen molar-refractivity contribution in [2.75, 3.05) is 4.90 Å². The summed E-state index contributed by atoms with van der Waals surface area (Å²) in [5.41, 5.74) is 16.1. The van der Waals surface area contributed by atoms with E-state index in [4.69, 9.17) is 0 Å². The molecule has 0 saturated carbocycles. The number of anilines is 2. The van der Waals surface area contributed by atoms with Gasteiger partial charge in [-0.3, -0.25) is 0 Å². The SMILES string of the molecule is CC1(C)c2ccccc2-c2cc(N3c4ccccc4C4C=C(c5ccc6c(c5)c5ccccc5n6C5=CC=CCC5)C=CC43)ccc21. The van der Waals surface area contributed by atoms with Crippen LogP contribution in [0.4, 0.5) is 11.4 Å². The van der Waals surface area contributed by atoms with E-state index in [0.29, 0.717) is 0 Å². The third kappa shape index (κ3) is 3.79. The van der Waals surface area contributed by atoms with Crippen molar-refractivity contribution in [2.24, 2.45) is 0 Å². The van der Waals surface area contributed by atoms with E-state index in [1.165, 1.54) is 77.8 Å². The first kappa shape index (κ1) is 26.8. The topological polar surface area (TPSA) is 8.17 Å². The van der Waals surface area contributed by atoms with Gasteiger partial charge in [0.1, 0.15) is 0 Å². The van der Waals surface area contributed by atoms with Crippen LogP contribution in [0.2, 0.25) is 0 Å². The third-order valence-electron chi connectivity index (χ3n) is 11.2. The molecule has 4 aliphatic rings. The normalized spacial score (nSPS) is 20.2. The molecule has 0 radical (unpaired) electrons. The number of para-hydroxylation sites is 2. The first-order valence-electron chi connectivity index (χ1n) is 17.0. The van der Waals surface area contributed by atoms with E-state index in [0.717, 1.165) is 12.8 Å². The lowest BCUT2D eigenvalue weighted by Gasteiger charge is -2.30. The quantitative estimate of drug-likeness (QED) is 0.195. The molecule has 2 heterocycles. The molecule has 0 bridgehead atoms. The first-order valence-corrected chi connectivity index (χ1v) is 17.0. The molecular formula is C45H36N2. The highest BCUT2D eigenvalue weighted by molar-refractivity contribution is 6.11. The van der Waals surface area contributed by atoms with Crippen molar-refractivity contribution in [3.8, 4) is 11.1 Å². The van der Waals surface area contributed by atoms with E-state index in [-0.39, 0.29) is 17.4 Å². The molecule has 0 fully saturated rings. The molecule has 226 valence electrons. The lowest BCUT2D eigenvalue weighted by atomic mass is 9.82. The molecule has 0 N–H and O–H groups in total. The maximum atomic E-state index is 2.57. The maximum Gasteiger partial charge on any atom is 0.0630 e. The van der Waals surface area contributed by atoms with Crippen LogP contribution in [-0.4, -0.2) is 10.6 Å². The first-order chi connectivity index (χ1) is 23.1. The molecule has 3 aliphatic carbocycles. The highest BCUT2D eigenvalue weighted by Crippen LogP contribution is 2.53. The maximum absolute atomic E-state index is 2.57. The molecule has 10 rings (SSSR count). The van der Waals surface area contributed by atoms with Crippen LogP contribution in [-0.2, 0) is 5.41 Å². The number of hydrogen-bond acceptors (Lipinski definition) is 1. The number of allylic oxidation sites excluding steroid dienone is 6. The van der Waals surface area contributed by atoms with Crippen molar-refractivity contribution in [1.29, 1.82) is 0 Å². The van der Waals surface area contributed by atoms with Crippen molar-refractivity contribution < 1.29 is 0 Å². The summed E-state index contributed by atoms with van der Waals surface area (Å²) in [6.45, 7) is 4.71. The fourth-order valence-corrected chi connectivity index (χ4v) is 8.94. The molecule has 47 heavy (non-hydrogen) atoms. The zero-order valence-corrected chi connectivity index (χ0v) is 26.8. The summed E-state index contributed by atoms with van der Waals surface area (Å²) in [5, 5.41) is 2.64. The lowest BCUT2D eigenvalue weighted by Crippen LogP contribution is -2.29. The van der Waals surface area contributed by atoms with Crippen LogP contribution in [0.15, 0.2) is 146 Å². The van der Waals surface area contributed by atoms with Gasteiger partial charge in [-0.15, -0.1) is 0 Å². The highest BCUT2D eigenvalue weighted by atomic mass is 15.2. The average Bonchev–Trinajstić information content (AvgIpc) is 3.71. The van der Waals surface area contributed by atoms with E-state index < -0.39 is 0 Å². The number of hydrogen-bond donors (Lipinski definition) is 0. The summed E-state index contributed by atoms with van der Waals surface area (Å²) in [5.74, 6) is 0.277. The van der Waals surface area contributed by atoms with Gasteiger partial charge in [0, 0.05) is 39.2 Å². The Morgan fingerprint density at radius 3 is 2.45 bits per heavy atom.